The molecule has 0 bridgehead atoms. The Labute approximate surface area is 91.8 Å². The lowest BCUT2D eigenvalue weighted by Gasteiger charge is -2.17. The molecule has 1 aromatic carbocycles. The number of Topliss-reactive ketones (excluding diaryl/α,β-unsaturated/α-hetero) is 2. The Bertz CT molecular complexity index is 552. The summed E-state index contributed by atoms with van der Waals surface area (Å²) in [7, 11) is 0. The smallest absolute Gasteiger partial charge is 0.193 e. The maximum absolute atomic E-state index is 11.9. The van der Waals surface area contributed by atoms with Crippen molar-refractivity contribution in [2.24, 2.45) is 0 Å². The van der Waals surface area contributed by atoms with E-state index in [1.807, 2.05) is 0 Å². The number of benzene rings is 1. The molecule has 4 nitrogen and oxygen atoms in total. The van der Waals surface area contributed by atoms with Crippen molar-refractivity contribution in [3.8, 4) is 11.5 Å². The average molecular weight is 218 g/mol. The van der Waals surface area contributed by atoms with E-state index in [0.717, 1.165) is 6.07 Å². The van der Waals surface area contributed by atoms with Gasteiger partial charge in [0.1, 0.15) is 11.5 Å². The molecule has 2 N–H and O–H groups in total. The second-order valence-electron chi connectivity index (χ2n) is 3.80. The number of carbonyl (C=O) groups excluding carboxylic acids is 2. The normalized spacial score (nSPS) is 15.4. The molecule has 1 aliphatic carbocycles. The molecule has 0 fully saturated rings. The molecule has 1 aliphatic rings. The molecule has 0 unspecified atom stereocenters. The van der Waals surface area contributed by atoms with Crippen molar-refractivity contribution >= 4 is 11.6 Å². The topological polar surface area (TPSA) is 74.6 Å². The number of allylic oxidation sites excluding steroid dienone is 2. The number of fused-ring (bicyclic) bond motifs is 1. The minimum Gasteiger partial charge on any atom is -0.508 e. The molecule has 16 heavy (non-hydrogen) atoms. The van der Waals surface area contributed by atoms with Gasteiger partial charge in [0.15, 0.2) is 11.6 Å². The number of ketones is 2. The highest BCUT2D eigenvalue weighted by Gasteiger charge is 2.30. The maximum atomic E-state index is 11.9. The van der Waals surface area contributed by atoms with Gasteiger partial charge in [0.25, 0.3) is 0 Å². The Hall–Kier alpha value is -2.10. The standard InChI is InChI=1S/C12H10O4/c1-5-6(2)12(16)10-8(11(5)15)3-7(13)4-9(10)14/h3-4,13-14H,1-2H3. The van der Waals surface area contributed by atoms with E-state index in [9.17, 15) is 19.8 Å². The Morgan fingerprint density at radius 1 is 0.938 bits per heavy atom. The number of phenols is 2. The molecule has 0 saturated heterocycles. The van der Waals surface area contributed by atoms with E-state index >= 15 is 0 Å². The Morgan fingerprint density at radius 3 is 2.12 bits per heavy atom. The molecule has 0 amide bonds. The summed E-state index contributed by atoms with van der Waals surface area (Å²) >= 11 is 0. The number of hydrogen-bond acceptors (Lipinski definition) is 4. The van der Waals surface area contributed by atoms with Crippen LogP contribution in [0.2, 0.25) is 0 Å². The van der Waals surface area contributed by atoms with Gasteiger partial charge in [0, 0.05) is 22.8 Å². The SMILES string of the molecule is CC1=C(C)C(=O)c2c(O)cc(O)cc2C1=O. The molecule has 4 heteroatoms. The zero-order valence-corrected chi connectivity index (χ0v) is 8.87. The van der Waals surface area contributed by atoms with E-state index in [2.05, 4.69) is 0 Å². The van der Waals surface area contributed by atoms with Crippen molar-refractivity contribution in [2.45, 2.75) is 13.8 Å². The third kappa shape index (κ3) is 1.23. The molecule has 0 atom stereocenters. The van der Waals surface area contributed by atoms with Gasteiger partial charge in [-0.3, -0.25) is 9.59 Å². The lowest BCUT2D eigenvalue weighted by Crippen LogP contribution is -2.19. The van der Waals surface area contributed by atoms with Crippen LogP contribution in [0.5, 0.6) is 11.5 Å². The van der Waals surface area contributed by atoms with Crippen LogP contribution in [-0.2, 0) is 0 Å². The van der Waals surface area contributed by atoms with E-state index in [1.165, 1.54) is 6.07 Å². The van der Waals surface area contributed by atoms with Crippen LogP contribution < -0.4 is 0 Å². The highest BCUT2D eigenvalue weighted by atomic mass is 16.3. The summed E-state index contributed by atoms with van der Waals surface area (Å²) in [6.07, 6.45) is 0. The fraction of sp³-hybridized carbons (Fsp3) is 0.167. The summed E-state index contributed by atoms with van der Waals surface area (Å²) in [5, 5.41) is 18.9. The van der Waals surface area contributed by atoms with Crippen molar-refractivity contribution < 1.29 is 19.8 Å². The molecule has 0 saturated carbocycles. The van der Waals surface area contributed by atoms with Gasteiger partial charge in [-0.25, -0.2) is 0 Å². The van der Waals surface area contributed by atoms with E-state index in [1.54, 1.807) is 13.8 Å². The summed E-state index contributed by atoms with van der Waals surface area (Å²) in [6.45, 7) is 3.10. The van der Waals surface area contributed by atoms with Gasteiger partial charge < -0.3 is 10.2 Å². The van der Waals surface area contributed by atoms with Gasteiger partial charge in [0.2, 0.25) is 0 Å². The number of hydrogen-bond donors (Lipinski definition) is 2. The molecule has 1 aromatic rings. The molecule has 0 heterocycles. The van der Waals surface area contributed by atoms with Crippen LogP contribution in [0, 0.1) is 0 Å². The first-order valence-corrected chi connectivity index (χ1v) is 4.76. The minimum absolute atomic E-state index is 0.0223. The summed E-state index contributed by atoms with van der Waals surface area (Å²) < 4.78 is 0. The van der Waals surface area contributed by atoms with Crippen molar-refractivity contribution in [1.82, 2.24) is 0 Å². The first-order valence-electron chi connectivity index (χ1n) is 4.76. The van der Waals surface area contributed by atoms with Gasteiger partial charge in [0.05, 0.1) is 5.56 Å². The summed E-state index contributed by atoms with van der Waals surface area (Å²) in [4.78, 5) is 23.7. The molecule has 0 aromatic heterocycles. The van der Waals surface area contributed by atoms with Crippen LogP contribution in [0.25, 0.3) is 0 Å². The third-order valence-corrected chi connectivity index (χ3v) is 2.82. The zero-order chi connectivity index (χ0) is 12.0. The first-order chi connectivity index (χ1) is 7.43. The predicted octanol–water partition coefficient (Wildman–Crippen LogP) is 1.81. The quantitative estimate of drug-likeness (QED) is 0.696. The third-order valence-electron chi connectivity index (χ3n) is 2.82. The molecule has 0 spiro atoms. The summed E-state index contributed by atoms with van der Waals surface area (Å²) in [5.41, 5.74) is 0.720. The Morgan fingerprint density at radius 2 is 1.50 bits per heavy atom. The summed E-state index contributed by atoms with van der Waals surface area (Å²) in [6, 6.07) is 2.25. The largest absolute Gasteiger partial charge is 0.508 e. The zero-order valence-electron chi connectivity index (χ0n) is 8.87. The van der Waals surface area contributed by atoms with Crippen molar-refractivity contribution in [3.05, 3.63) is 34.4 Å². The van der Waals surface area contributed by atoms with Crippen LogP contribution >= 0.6 is 0 Å². The molecular weight excluding hydrogens is 208 g/mol. The Balaban J connectivity index is 2.81. The van der Waals surface area contributed by atoms with Crippen molar-refractivity contribution in [2.75, 3.05) is 0 Å². The molecule has 0 aliphatic heterocycles. The first kappa shape index (κ1) is 10.4. The number of aromatic hydroxyl groups is 2. The number of rotatable bonds is 0. The van der Waals surface area contributed by atoms with Crippen molar-refractivity contribution in [1.29, 1.82) is 0 Å². The minimum atomic E-state index is -0.371. The molecule has 0 radical (unpaired) electrons. The van der Waals surface area contributed by atoms with E-state index in [0.29, 0.717) is 11.1 Å². The van der Waals surface area contributed by atoms with Crippen molar-refractivity contribution in [3.63, 3.8) is 0 Å². The highest BCUT2D eigenvalue weighted by Crippen LogP contribution is 2.34. The fourth-order valence-electron chi connectivity index (χ4n) is 1.76. The van der Waals surface area contributed by atoms with Gasteiger partial charge >= 0.3 is 0 Å². The molecular formula is C12H10O4. The second-order valence-corrected chi connectivity index (χ2v) is 3.80. The lowest BCUT2D eigenvalue weighted by molar-refractivity contribution is 0.0972. The van der Waals surface area contributed by atoms with Crippen LogP contribution in [0.3, 0.4) is 0 Å². The number of carbonyl (C=O) groups is 2. The van der Waals surface area contributed by atoms with Gasteiger partial charge in [-0.2, -0.15) is 0 Å². The highest BCUT2D eigenvalue weighted by molar-refractivity contribution is 6.27. The van der Waals surface area contributed by atoms with E-state index < -0.39 is 0 Å². The fourth-order valence-corrected chi connectivity index (χ4v) is 1.76. The predicted molar refractivity (Wildman–Crippen MR) is 56.8 cm³/mol. The molecule has 82 valence electrons. The average Bonchev–Trinajstić information content (AvgIpc) is 2.22. The summed E-state index contributed by atoms with van der Waals surface area (Å²) in [5.74, 6) is -1.30. The second kappa shape index (κ2) is 3.20. The van der Waals surface area contributed by atoms with Crippen LogP contribution in [0.1, 0.15) is 34.6 Å². The van der Waals surface area contributed by atoms with E-state index in [-0.39, 0.29) is 34.2 Å². The van der Waals surface area contributed by atoms with Crippen LogP contribution in [0.15, 0.2) is 23.3 Å². The van der Waals surface area contributed by atoms with Crippen LogP contribution in [0.4, 0.5) is 0 Å². The number of phenolic OH excluding ortho intramolecular Hbond substituents is 2. The maximum Gasteiger partial charge on any atom is 0.193 e. The molecule has 2 rings (SSSR count). The van der Waals surface area contributed by atoms with E-state index in [4.69, 9.17) is 0 Å². The van der Waals surface area contributed by atoms with Crippen LogP contribution in [-0.4, -0.2) is 21.8 Å². The lowest BCUT2D eigenvalue weighted by atomic mass is 9.85. The monoisotopic (exact) mass is 218 g/mol. The van der Waals surface area contributed by atoms with Gasteiger partial charge in [-0.15, -0.1) is 0 Å². The van der Waals surface area contributed by atoms with Gasteiger partial charge in [-0.05, 0) is 19.9 Å². The van der Waals surface area contributed by atoms with Gasteiger partial charge in [-0.1, -0.05) is 0 Å². The Kier molecular flexibility index (Phi) is 2.08.